The highest BCUT2D eigenvalue weighted by atomic mass is 32.2. The fourth-order valence-corrected chi connectivity index (χ4v) is 3.11. The number of carbonyl (C=O) groups is 1. The maximum Gasteiger partial charge on any atom is 0.255 e. The Morgan fingerprint density at radius 2 is 1.85 bits per heavy atom. The van der Waals surface area contributed by atoms with Crippen molar-refractivity contribution in [3.05, 3.63) is 47.8 Å². The fraction of sp³-hybridized carbons (Fsp3) is 0.235. The molecule has 0 spiro atoms. The molecule has 0 aliphatic carbocycles. The molecule has 0 aliphatic heterocycles. The van der Waals surface area contributed by atoms with Gasteiger partial charge in [-0.15, -0.1) is 0 Å². The fourth-order valence-electron chi connectivity index (χ4n) is 2.19. The van der Waals surface area contributed by atoms with Crippen molar-refractivity contribution >= 4 is 21.6 Å². The van der Waals surface area contributed by atoms with Gasteiger partial charge in [-0.1, -0.05) is 0 Å². The van der Waals surface area contributed by atoms with E-state index < -0.39 is 21.7 Å². The SMILES string of the molecule is CCOc1ccc(NC(=O)c2ccc(OC)c(S(=O)(=O)NC)c2)cc1F. The number of amides is 1. The maximum atomic E-state index is 13.9. The van der Waals surface area contributed by atoms with Crippen LogP contribution in [0.15, 0.2) is 41.3 Å². The first-order chi connectivity index (χ1) is 12.3. The van der Waals surface area contributed by atoms with Crippen LogP contribution in [0.1, 0.15) is 17.3 Å². The lowest BCUT2D eigenvalue weighted by Crippen LogP contribution is -2.20. The first-order valence-corrected chi connectivity index (χ1v) is 9.16. The highest BCUT2D eigenvalue weighted by Crippen LogP contribution is 2.26. The zero-order chi connectivity index (χ0) is 19.3. The normalized spacial score (nSPS) is 11.1. The van der Waals surface area contributed by atoms with Gasteiger partial charge in [0.25, 0.3) is 5.91 Å². The second-order valence-electron chi connectivity index (χ2n) is 5.11. The van der Waals surface area contributed by atoms with Gasteiger partial charge in [-0.25, -0.2) is 17.5 Å². The molecule has 0 bridgehead atoms. The molecule has 0 aliphatic rings. The van der Waals surface area contributed by atoms with Crippen molar-refractivity contribution in [1.82, 2.24) is 4.72 Å². The molecule has 2 rings (SSSR count). The van der Waals surface area contributed by atoms with Crippen LogP contribution in [0.5, 0.6) is 11.5 Å². The van der Waals surface area contributed by atoms with E-state index in [1.165, 1.54) is 44.5 Å². The summed E-state index contributed by atoms with van der Waals surface area (Å²) < 4.78 is 50.3. The largest absolute Gasteiger partial charge is 0.495 e. The van der Waals surface area contributed by atoms with Crippen molar-refractivity contribution in [3.63, 3.8) is 0 Å². The molecule has 140 valence electrons. The van der Waals surface area contributed by atoms with Crippen LogP contribution in [0.25, 0.3) is 0 Å². The zero-order valence-corrected chi connectivity index (χ0v) is 15.3. The zero-order valence-electron chi connectivity index (χ0n) is 14.5. The molecule has 1 amide bonds. The predicted octanol–water partition coefficient (Wildman–Crippen LogP) is 2.39. The number of halogens is 1. The first-order valence-electron chi connectivity index (χ1n) is 7.67. The molecular formula is C17H19FN2O5S. The number of anilines is 1. The Hall–Kier alpha value is -2.65. The van der Waals surface area contributed by atoms with Crippen LogP contribution in [0, 0.1) is 5.82 Å². The molecule has 0 heterocycles. The number of ether oxygens (including phenoxy) is 2. The highest BCUT2D eigenvalue weighted by Gasteiger charge is 2.20. The van der Waals surface area contributed by atoms with Crippen LogP contribution < -0.4 is 19.5 Å². The monoisotopic (exact) mass is 382 g/mol. The van der Waals surface area contributed by atoms with Gasteiger partial charge in [0.2, 0.25) is 10.0 Å². The number of nitrogens with one attached hydrogen (secondary N) is 2. The van der Waals surface area contributed by atoms with Crippen molar-refractivity contribution in [2.45, 2.75) is 11.8 Å². The van der Waals surface area contributed by atoms with Crippen molar-refractivity contribution in [3.8, 4) is 11.5 Å². The van der Waals surface area contributed by atoms with E-state index >= 15 is 0 Å². The molecular weight excluding hydrogens is 363 g/mol. The molecule has 0 fully saturated rings. The lowest BCUT2D eigenvalue weighted by atomic mass is 10.2. The maximum absolute atomic E-state index is 13.9. The number of sulfonamides is 1. The summed E-state index contributed by atoms with van der Waals surface area (Å²) in [5.41, 5.74) is 0.290. The van der Waals surface area contributed by atoms with Crippen LogP contribution in [-0.4, -0.2) is 35.1 Å². The molecule has 2 N–H and O–H groups in total. The summed E-state index contributed by atoms with van der Waals surface area (Å²) >= 11 is 0. The topological polar surface area (TPSA) is 93.7 Å². The molecule has 0 radical (unpaired) electrons. The van der Waals surface area contributed by atoms with Crippen LogP contribution in [0.2, 0.25) is 0 Å². The lowest BCUT2D eigenvalue weighted by Gasteiger charge is -2.12. The number of hydrogen-bond acceptors (Lipinski definition) is 5. The Labute approximate surface area is 151 Å². The van der Waals surface area contributed by atoms with E-state index in [4.69, 9.17) is 9.47 Å². The van der Waals surface area contributed by atoms with Crippen LogP contribution in [0.3, 0.4) is 0 Å². The molecule has 0 saturated heterocycles. The number of rotatable bonds is 7. The van der Waals surface area contributed by atoms with Gasteiger partial charge < -0.3 is 14.8 Å². The van der Waals surface area contributed by atoms with Gasteiger partial charge in [-0.05, 0) is 44.3 Å². The summed E-state index contributed by atoms with van der Waals surface area (Å²) in [4.78, 5) is 12.2. The number of carbonyl (C=O) groups excluding carboxylic acids is 1. The summed E-state index contributed by atoms with van der Waals surface area (Å²) in [6.07, 6.45) is 0. The van der Waals surface area contributed by atoms with Crippen molar-refractivity contribution < 1.29 is 27.1 Å². The molecule has 0 atom stereocenters. The van der Waals surface area contributed by atoms with Crippen LogP contribution in [-0.2, 0) is 10.0 Å². The third-order valence-electron chi connectivity index (χ3n) is 3.47. The molecule has 0 unspecified atom stereocenters. The summed E-state index contributed by atoms with van der Waals surface area (Å²) in [6.45, 7) is 2.05. The van der Waals surface area contributed by atoms with Gasteiger partial charge >= 0.3 is 0 Å². The number of benzene rings is 2. The van der Waals surface area contributed by atoms with Gasteiger partial charge in [0.1, 0.15) is 10.6 Å². The Balaban J connectivity index is 2.30. The third-order valence-corrected chi connectivity index (χ3v) is 4.91. The Bertz CT molecular complexity index is 915. The second kappa shape index (κ2) is 8.15. The smallest absolute Gasteiger partial charge is 0.255 e. The summed E-state index contributed by atoms with van der Waals surface area (Å²) in [5.74, 6) is -1.03. The standard InChI is InChI=1S/C17H19FN2O5S/c1-4-25-14-8-6-12(10-13(14)18)20-17(21)11-5-7-15(24-3)16(9-11)26(22,23)19-2/h5-10,19H,4H2,1-3H3,(H,20,21). The summed E-state index contributed by atoms with van der Waals surface area (Å²) in [5, 5.41) is 2.51. The average molecular weight is 382 g/mol. The Morgan fingerprint density at radius 3 is 2.42 bits per heavy atom. The number of hydrogen-bond donors (Lipinski definition) is 2. The summed E-state index contributed by atoms with van der Waals surface area (Å²) in [6, 6.07) is 7.98. The van der Waals surface area contributed by atoms with Crippen LogP contribution in [0.4, 0.5) is 10.1 Å². The van der Waals surface area contributed by atoms with E-state index in [2.05, 4.69) is 10.0 Å². The molecule has 9 heteroatoms. The minimum absolute atomic E-state index is 0.0777. The molecule has 26 heavy (non-hydrogen) atoms. The minimum Gasteiger partial charge on any atom is -0.495 e. The van der Waals surface area contributed by atoms with E-state index in [0.717, 1.165) is 6.07 Å². The number of methoxy groups -OCH3 is 1. The summed E-state index contributed by atoms with van der Waals surface area (Å²) in [7, 11) is -1.24. The highest BCUT2D eigenvalue weighted by molar-refractivity contribution is 7.89. The van der Waals surface area contributed by atoms with E-state index in [1.54, 1.807) is 6.92 Å². The second-order valence-corrected chi connectivity index (χ2v) is 6.96. The van der Waals surface area contributed by atoms with Crippen LogP contribution >= 0.6 is 0 Å². The van der Waals surface area contributed by atoms with E-state index in [9.17, 15) is 17.6 Å². The predicted molar refractivity (Wildman–Crippen MR) is 94.8 cm³/mol. The minimum atomic E-state index is -3.82. The quantitative estimate of drug-likeness (QED) is 0.767. The third kappa shape index (κ3) is 4.30. The molecule has 0 saturated carbocycles. The van der Waals surface area contributed by atoms with Crippen molar-refractivity contribution in [1.29, 1.82) is 0 Å². The molecule has 0 aromatic heterocycles. The molecule has 7 nitrogen and oxygen atoms in total. The van der Waals surface area contributed by atoms with Gasteiger partial charge in [0.15, 0.2) is 11.6 Å². The lowest BCUT2D eigenvalue weighted by molar-refractivity contribution is 0.102. The average Bonchev–Trinajstić information content (AvgIpc) is 2.63. The van der Waals surface area contributed by atoms with Gasteiger partial charge in [0.05, 0.1) is 13.7 Å². The van der Waals surface area contributed by atoms with Crippen molar-refractivity contribution in [2.24, 2.45) is 0 Å². The Kier molecular flexibility index (Phi) is 6.17. The Morgan fingerprint density at radius 1 is 1.15 bits per heavy atom. The van der Waals surface area contributed by atoms with Crippen molar-refractivity contribution in [2.75, 3.05) is 26.1 Å². The first kappa shape index (κ1) is 19.7. The van der Waals surface area contributed by atoms with Gasteiger partial charge in [0, 0.05) is 17.3 Å². The van der Waals surface area contributed by atoms with E-state index in [1.807, 2.05) is 0 Å². The van der Waals surface area contributed by atoms with Gasteiger partial charge in [-0.3, -0.25) is 4.79 Å². The van der Waals surface area contributed by atoms with E-state index in [-0.39, 0.29) is 27.6 Å². The molecule has 2 aromatic carbocycles. The van der Waals surface area contributed by atoms with E-state index in [0.29, 0.717) is 6.61 Å². The van der Waals surface area contributed by atoms with Gasteiger partial charge in [-0.2, -0.15) is 0 Å². The molecule has 2 aromatic rings.